The van der Waals surface area contributed by atoms with Crippen LogP contribution in [0.2, 0.25) is 0 Å². The quantitative estimate of drug-likeness (QED) is 0.893. The van der Waals surface area contributed by atoms with Crippen LogP contribution < -0.4 is 5.73 Å². The maximum absolute atomic E-state index is 13.1. The number of hydrogen-bond donors (Lipinski definition) is 1. The summed E-state index contributed by atoms with van der Waals surface area (Å²) in [4.78, 5) is 0. The average Bonchev–Trinajstić information content (AvgIpc) is 2.14. The summed E-state index contributed by atoms with van der Waals surface area (Å²) < 4.78 is 13.9. The second-order valence-electron chi connectivity index (χ2n) is 4.03. The molecule has 0 amide bonds. The Morgan fingerprint density at radius 1 is 1.40 bits per heavy atom. The van der Waals surface area contributed by atoms with Crippen molar-refractivity contribution in [2.24, 2.45) is 11.7 Å². The highest BCUT2D eigenvalue weighted by Crippen LogP contribution is 2.18. The molecule has 84 valence electrons. The van der Waals surface area contributed by atoms with E-state index in [0.29, 0.717) is 5.92 Å². The SMILES string of the molecule is CCC(C)C(N)Cc1cc(F)cc(Br)c1. The maximum Gasteiger partial charge on any atom is 0.124 e. The predicted octanol–water partition coefficient (Wildman–Crippen LogP) is 3.50. The van der Waals surface area contributed by atoms with Crippen molar-refractivity contribution in [3.8, 4) is 0 Å². The van der Waals surface area contributed by atoms with E-state index < -0.39 is 0 Å². The van der Waals surface area contributed by atoms with Gasteiger partial charge in [0, 0.05) is 10.5 Å². The van der Waals surface area contributed by atoms with Gasteiger partial charge in [-0.1, -0.05) is 36.2 Å². The third kappa shape index (κ3) is 3.92. The van der Waals surface area contributed by atoms with Gasteiger partial charge in [0.25, 0.3) is 0 Å². The van der Waals surface area contributed by atoms with Crippen molar-refractivity contribution in [2.45, 2.75) is 32.7 Å². The monoisotopic (exact) mass is 273 g/mol. The lowest BCUT2D eigenvalue weighted by molar-refractivity contribution is 0.439. The van der Waals surface area contributed by atoms with Crippen LogP contribution in [-0.2, 0) is 6.42 Å². The van der Waals surface area contributed by atoms with Gasteiger partial charge in [-0.3, -0.25) is 0 Å². The van der Waals surface area contributed by atoms with Gasteiger partial charge in [-0.15, -0.1) is 0 Å². The van der Waals surface area contributed by atoms with Crippen molar-refractivity contribution in [3.63, 3.8) is 0 Å². The molecule has 15 heavy (non-hydrogen) atoms. The molecule has 2 N–H and O–H groups in total. The standard InChI is InChI=1S/C12H17BrFN/c1-3-8(2)12(15)6-9-4-10(13)7-11(14)5-9/h4-5,7-8,12H,3,6,15H2,1-2H3. The topological polar surface area (TPSA) is 26.0 Å². The van der Waals surface area contributed by atoms with E-state index in [1.807, 2.05) is 6.07 Å². The molecule has 0 spiro atoms. The first-order valence-electron chi connectivity index (χ1n) is 5.23. The molecule has 3 heteroatoms. The van der Waals surface area contributed by atoms with Crippen LogP contribution in [0.3, 0.4) is 0 Å². The Morgan fingerprint density at radius 3 is 2.60 bits per heavy atom. The molecule has 1 nitrogen and oxygen atoms in total. The van der Waals surface area contributed by atoms with Crippen LogP contribution in [0.4, 0.5) is 4.39 Å². The van der Waals surface area contributed by atoms with Crippen LogP contribution in [-0.4, -0.2) is 6.04 Å². The number of benzene rings is 1. The van der Waals surface area contributed by atoms with Crippen molar-refractivity contribution in [1.82, 2.24) is 0 Å². The Bertz CT molecular complexity index is 307. The fraction of sp³-hybridized carbons (Fsp3) is 0.500. The van der Waals surface area contributed by atoms with Gasteiger partial charge in [0.05, 0.1) is 0 Å². The van der Waals surface area contributed by atoms with Gasteiger partial charge < -0.3 is 5.73 Å². The Labute approximate surface area is 99.0 Å². The minimum atomic E-state index is -0.212. The Kier molecular flexibility index (Phi) is 4.74. The molecule has 1 rings (SSSR count). The molecule has 0 saturated heterocycles. The van der Waals surface area contributed by atoms with Crippen molar-refractivity contribution >= 4 is 15.9 Å². The van der Waals surface area contributed by atoms with Crippen LogP contribution in [0.15, 0.2) is 22.7 Å². The van der Waals surface area contributed by atoms with Crippen molar-refractivity contribution in [3.05, 3.63) is 34.1 Å². The molecule has 0 aliphatic heterocycles. The largest absolute Gasteiger partial charge is 0.327 e. The molecule has 0 radical (unpaired) electrons. The van der Waals surface area contributed by atoms with Gasteiger partial charge in [-0.05, 0) is 36.1 Å². The first-order valence-corrected chi connectivity index (χ1v) is 6.02. The molecular formula is C12H17BrFN. The summed E-state index contributed by atoms with van der Waals surface area (Å²) in [6, 6.07) is 5.03. The normalized spacial score (nSPS) is 15.0. The van der Waals surface area contributed by atoms with Gasteiger partial charge in [0.2, 0.25) is 0 Å². The van der Waals surface area contributed by atoms with E-state index in [2.05, 4.69) is 29.8 Å². The zero-order valence-corrected chi connectivity index (χ0v) is 10.7. The molecule has 2 unspecified atom stereocenters. The molecule has 0 fully saturated rings. The highest BCUT2D eigenvalue weighted by molar-refractivity contribution is 9.10. The second-order valence-corrected chi connectivity index (χ2v) is 4.95. The highest BCUT2D eigenvalue weighted by atomic mass is 79.9. The van der Waals surface area contributed by atoms with Crippen LogP contribution in [0, 0.1) is 11.7 Å². The summed E-state index contributed by atoms with van der Waals surface area (Å²) in [5.74, 6) is 0.253. The predicted molar refractivity (Wildman–Crippen MR) is 65.2 cm³/mol. The summed E-state index contributed by atoms with van der Waals surface area (Å²) in [5.41, 5.74) is 6.98. The number of rotatable bonds is 4. The molecule has 0 aliphatic rings. The highest BCUT2D eigenvalue weighted by Gasteiger charge is 2.12. The lowest BCUT2D eigenvalue weighted by Gasteiger charge is -2.18. The fourth-order valence-electron chi connectivity index (χ4n) is 1.50. The Morgan fingerprint density at radius 2 is 2.07 bits per heavy atom. The molecule has 1 aromatic rings. The first-order chi connectivity index (χ1) is 7.02. The zero-order chi connectivity index (χ0) is 11.4. The summed E-state index contributed by atoms with van der Waals surface area (Å²) in [7, 11) is 0. The molecule has 2 atom stereocenters. The van der Waals surface area contributed by atoms with E-state index in [0.717, 1.165) is 22.9 Å². The number of halogens is 2. The Hall–Kier alpha value is -0.410. The lowest BCUT2D eigenvalue weighted by Crippen LogP contribution is -2.30. The maximum atomic E-state index is 13.1. The van der Waals surface area contributed by atoms with Gasteiger partial charge >= 0.3 is 0 Å². The van der Waals surface area contributed by atoms with E-state index in [4.69, 9.17) is 5.73 Å². The number of nitrogens with two attached hydrogens (primary N) is 1. The van der Waals surface area contributed by atoms with E-state index in [-0.39, 0.29) is 11.9 Å². The smallest absolute Gasteiger partial charge is 0.124 e. The lowest BCUT2D eigenvalue weighted by atomic mass is 9.94. The van der Waals surface area contributed by atoms with Gasteiger partial charge in [0.15, 0.2) is 0 Å². The molecule has 0 aliphatic carbocycles. The van der Waals surface area contributed by atoms with Gasteiger partial charge in [-0.2, -0.15) is 0 Å². The van der Waals surface area contributed by atoms with Crippen LogP contribution >= 0.6 is 15.9 Å². The molecule has 0 saturated carbocycles. The average molecular weight is 274 g/mol. The van der Waals surface area contributed by atoms with Crippen molar-refractivity contribution in [1.29, 1.82) is 0 Å². The summed E-state index contributed by atoms with van der Waals surface area (Å²) >= 11 is 3.28. The Balaban J connectivity index is 2.72. The van der Waals surface area contributed by atoms with Crippen molar-refractivity contribution in [2.75, 3.05) is 0 Å². The molecule has 0 heterocycles. The fourth-order valence-corrected chi connectivity index (χ4v) is 2.02. The summed E-state index contributed by atoms with van der Waals surface area (Å²) in [6.45, 7) is 4.24. The summed E-state index contributed by atoms with van der Waals surface area (Å²) in [6.07, 6.45) is 1.78. The third-order valence-corrected chi connectivity index (χ3v) is 3.23. The van der Waals surface area contributed by atoms with Crippen LogP contribution in [0.1, 0.15) is 25.8 Å². The van der Waals surface area contributed by atoms with Crippen LogP contribution in [0.25, 0.3) is 0 Å². The minimum absolute atomic E-state index is 0.101. The van der Waals surface area contributed by atoms with E-state index >= 15 is 0 Å². The van der Waals surface area contributed by atoms with Gasteiger partial charge in [0.1, 0.15) is 5.82 Å². The van der Waals surface area contributed by atoms with Crippen molar-refractivity contribution < 1.29 is 4.39 Å². The van der Waals surface area contributed by atoms with E-state index in [1.54, 1.807) is 6.07 Å². The molecule has 0 aromatic heterocycles. The zero-order valence-electron chi connectivity index (χ0n) is 9.13. The minimum Gasteiger partial charge on any atom is -0.327 e. The first kappa shape index (κ1) is 12.7. The molecular weight excluding hydrogens is 257 g/mol. The van der Waals surface area contributed by atoms with Crippen LogP contribution in [0.5, 0.6) is 0 Å². The van der Waals surface area contributed by atoms with E-state index in [1.165, 1.54) is 6.07 Å². The number of hydrogen-bond acceptors (Lipinski definition) is 1. The summed E-state index contributed by atoms with van der Waals surface area (Å²) in [5, 5.41) is 0. The van der Waals surface area contributed by atoms with Gasteiger partial charge in [-0.25, -0.2) is 4.39 Å². The third-order valence-electron chi connectivity index (χ3n) is 2.77. The van der Waals surface area contributed by atoms with E-state index in [9.17, 15) is 4.39 Å². The molecule has 1 aromatic carbocycles. The molecule has 0 bridgehead atoms. The second kappa shape index (κ2) is 5.61.